The maximum absolute atomic E-state index is 5.58. The second-order valence-electron chi connectivity index (χ2n) is 1.64. The Labute approximate surface area is 83.3 Å². The van der Waals surface area contributed by atoms with Crippen molar-refractivity contribution in [3.63, 3.8) is 0 Å². The van der Waals surface area contributed by atoms with Gasteiger partial charge in [0.1, 0.15) is 0 Å². The number of halogens is 5. The first-order valence-electron chi connectivity index (χ1n) is 2.19. The Bertz CT molecular complexity index is 224. The van der Waals surface area contributed by atoms with Crippen LogP contribution in [0.1, 0.15) is 0 Å². The lowest BCUT2D eigenvalue weighted by molar-refractivity contribution is 1.23. The minimum Gasteiger partial charge on any atom is -0.0898 e. The monoisotopic (exact) mass is 235 g/mol. The molecule has 0 saturated carbocycles. The van der Waals surface area contributed by atoms with Gasteiger partial charge in [0.2, 0.25) is 0 Å². The molecule has 0 aromatic rings. The van der Waals surface area contributed by atoms with Crippen molar-refractivity contribution in [1.29, 1.82) is 0 Å². The fourth-order valence-corrected chi connectivity index (χ4v) is 1.67. The lowest BCUT2D eigenvalue weighted by Crippen LogP contribution is -2.05. The lowest BCUT2D eigenvalue weighted by Gasteiger charge is -2.06. The molecule has 0 amide bonds. The van der Waals surface area contributed by atoms with Crippen LogP contribution in [0.25, 0.3) is 0 Å². The van der Waals surface area contributed by atoms with Gasteiger partial charge in [-0.3, -0.25) is 0 Å². The molecule has 0 spiro atoms. The van der Waals surface area contributed by atoms with Gasteiger partial charge >= 0.3 is 0 Å². The smallest absolute Gasteiger partial charge is 0.0898 e. The SMILES string of the molecule is ClC1=[C]C(Cl)(Cl)C(Cl)=C1Cl. The van der Waals surface area contributed by atoms with Crippen molar-refractivity contribution in [2.24, 2.45) is 0 Å². The number of hydrogen-bond acceptors (Lipinski definition) is 0. The maximum Gasteiger partial charge on any atom is 0.181 e. The zero-order valence-corrected chi connectivity index (χ0v) is 8.17. The molecule has 1 aliphatic carbocycles. The van der Waals surface area contributed by atoms with Crippen LogP contribution in [0.3, 0.4) is 0 Å². The zero-order valence-electron chi connectivity index (χ0n) is 4.39. The Balaban J connectivity index is 3.12. The molecule has 0 aromatic heterocycles. The fraction of sp³-hybridized carbons (Fsp3) is 0.200. The van der Waals surface area contributed by atoms with Crippen molar-refractivity contribution in [2.75, 3.05) is 0 Å². The largest absolute Gasteiger partial charge is 0.181 e. The maximum atomic E-state index is 5.58. The van der Waals surface area contributed by atoms with E-state index in [4.69, 9.17) is 58.0 Å². The molecule has 0 saturated heterocycles. The van der Waals surface area contributed by atoms with Crippen molar-refractivity contribution in [2.45, 2.75) is 4.33 Å². The summed E-state index contributed by atoms with van der Waals surface area (Å²) in [7, 11) is 0. The molecule has 0 fully saturated rings. The molecule has 0 N–H and O–H groups in total. The first kappa shape index (κ1) is 9.02. The van der Waals surface area contributed by atoms with Gasteiger partial charge in [-0.15, -0.1) is 0 Å². The third-order valence-corrected chi connectivity index (χ3v) is 3.02. The number of hydrogen-bond donors (Lipinski definition) is 0. The Morgan fingerprint density at radius 2 is 1.60 bits per heavy atom. The summed E-state index contributed by atoms with van der Waals surface area (Å²) < 4.78 is -1.37. The summed E-state index contributed by atoms with van der Waals surface area (Å²) in [5.74, 6) is 0. The van der Waals surface area contributed by atoms with Crippen LogP contribution in [0.4, 0.5) is 0 Å². The van der Waals surface area contributed by atoms with Gasteiger partial charge in [-0.25, -0.2) is 0 Å². The molecular formula is C5Cl5. The third kappa shape index (κ3) is 1.41. The molecule has 0 aliphatic heterocycles. The standard InChI is InChI=1S/C5Cl5/c6-2-1-5(9,10)4(8)3(2)7. The summed E-state index contributed by atoms with van der Waals surface area (Å²) in [4.78, 5) is 0. The normalized spacial score (nSPS) is 23.5. The van der Waals surface area contributed by atoms with E-state index in [1.807, 2.05) is 0 Å². The third-order valence-electron chi connectivity index (χ3n) is 0.928. The Kier molecular flexibility index (Phi) is 2.49. The van der Waals surface area contributed by atoms with E-state index in [1.54, 1.807) is 0 Å². The first-order valence-corrected chi connectivity index (χ1v) is 4.08. The van der Waals surface area contributed by atoms with Crippen LogP contribution in [0.2, 0.25) is 0 Å². The van der Waals surface area contributed by atoms with Crippen LogP contribution in [-0.2, 0) is 0 Å². The van der Waals surface area contributed by atoms with E-state index in [-0.39, 0.29) is 15.1 Å². The number of rotatable bonds is 0. The molecule has 0 bridgehead atoms. The summed E-state index contributed by atoms with van der Waals surface area (Å²) in [6, 6.07) is 0. The molecular weight excluding hydrogens is 237 g/mol. The van der Waals surface area contributed by atoms with Crippen LogP contribution in [-0.4, -0.2) is 4.33 Å². The van der Waals surface area contributed by atoms with Crippen molar-refractivity contribution >= 4 is 58.0 Å². The number of allylic oxidation sites excluding steroid dienone is 4. The van der Waals surface area contributed by atoms with Gasteiger partial charge in [0.25, 0.3) is 0 Å². The molecule has 0 heterocycles. The van der Waals surface area contributed by atoms with Gasteiger partial charge < -0.3 is 0 Å². The van der Waals surface area contributed by atoms with Crippen LogP contribution in [0.15, 0.2) is 15.1 Å². The van der Waals surface area contributed by atoms with Crippen molar-refractivity contribution in [1.82, 2.24) is 0 Å². The molecule has 10 heavy (non-hydrogen) atoms. The second kappa shape index (κ2) is 2.76. The predicted molar refractivity (Wildman–Crippen MR) is 45.8 cm³/mol. The average Bonchev–Trinajstić information content (AvgIpc) is 1.95. The Morgan fingerprint density at radius 3 is 1.70 bits per heavy atom. The highest BCUT2D eigenvalue weighted by Gasteiger charge is 2.35. The van der Waals surface area contributed by atoms with E-state index >= 15 is 0 Å². The molecule has 1 rings (SSSR count). The van der Waals surface area contributed by atoms with E-state index in [1.165, 1.54) is 0 Å². The van der Waals surface area contributed by atoms with Crippen LogP contribution < -0.4 is 0 Å². The van der Waals surface area contributed by atoms with Crippen molar-refractivity contribution in [3.05, 3.63) is 21.2 Å². The lowest BCUT2D eigenvalue weighted by atomic mass is 10.4. The molecule has 1 aliphatic rings. The summed E-state index contributed by atoms with van der Waals surface area (Å²) in [6.07, 6.45) is 2.47. The van der Waals surface area contributed by atoms with Crippen LogP contribution >= 0.6 is 58.0 Å². The quantitative estimate of drug-likeness (QED) is 0.562. The van der Waals surface area contributed by atoms with Gasteiger partial charge in [-0.1, -0.05) is 58.0 Å². The zero-order chi connectivity index (χ0) is 7.94. The molecule has 5 heteroatoms. The topological polar surface area (TPSA) is 0 Å². The van der Waals surface area contributed by atoms with Crippen molar-refractivity contribution in [3.8, 4) is 0 Å². The molecule has 1 radical (unpaired) electrons. The molecule has 55 valence electrons. The highest BCUT2D eigenvalue weighted by atomic mass is 35.5. The van der Waals surface area contributed by atoms with Gasteiger partial charge in [-0.2, -0.15) is 0 Å². The van der Waals surface area contributed by atoms with E-state index in [2.05, 4.69) is 6.08 Å². The summed E-state index contributed by atoms with van der Waals surface area (Å²) in [6.45, 7) is 0. The van der Waals surface area contributed by atoms with Crippen molar-refractivity contribution < 1.29 is 0 Å². The number of alkyl halides is 2. The fourth-order valence-electron chi connectivity index (χ4n) is 0.482. The van der Waals surface area contributed by atoms with Gasteiger partial charge in [0.15, 0.2) is 4.33 Å². The first-order chi connectivity index (χ1) is 4.45. The Morgan fingerprint density at radius 1 is 1.10 bits per heavy atom. The predicted octanol–water partition coefficient (Wildman–Crippen LogP) is 3.79. The highest BCUT2D eigenvalue weighted by molar-refractivity contribution is 6.61. The second-order valence-corrected chi connectivity index (χ2v) is 4.10. The molecule has 0 aromatic carbocycles. The highest BCUT2D eigenvalue weighted by Crippen LogP contribution is 2.46. The van der Waals surface area contributed by atoms with Crippen LogP contribution in [0, 0.1) is 6.08 Å². The molecule has 0 atom stereocenters. The average molecular weight is 237 g/mol. The van der Waals surface area contributed by atoms with E-state index < -0.39 is 4.33 Å². The molecule has 0 unspecified atom stereocenters. The minimum atomic E-state index is -1.37. The van der Waals surface area contributed by atoms with Crippen LogP contribution in [0.5, 0.6) is 0 Å². The summed E-state index contributed by atoms with van der Waals surface area (Å²) in [5.41, 5.74) is 0. The van der Waals surface area contributed by atoms with E-state index in [9.17, 15) is 0 Å². The van der Waals surface area contributed by atoms with E-state index in [0.717, 1.165) is 0 Å². The van der Waals surface area contributed by atoms with Gasteiger partial charge in [0.05, 0.1) is 15.1 Å². The Hall–Kier alpha value is 0.930. The minimum absolute atomic E-state index is 0.0995. The summed E-state index contributed by atoms with van der Waals surface area (Å²) >= 11 is 27.8. The summed E-state index contributed by atoms with van der Waals surface area (Å²) in [5, 5.41) is 0.424. The van der Waals surface area contributed by atoms with Gasteiger partial charge in [-0.05, 0) is 0 Å². The molecule has 0 nitrogen and oxygen atoms in total. The van der Waals surface area contributed by atoms with Gasteiger partial charge in [0, 0.05) is 6.08 Å². The van der Waals surface area contributed by atoms with E-state index in [0.29, 0.717) is 0 Å².